The summed E-state index contributed by atoms with van der Waals surface area (Å²) in [5.74, 6) is 0.653. The highest BCUT2D eigenvalue weighted by molar-refractivity contribution is 5.85. The zero-order chi connectivity index (χ0) is 11.7. The molecule has 19 heavy (non-hydrogen) atoms. The molecular formula is C13H25Cl2N3O. The second-order valence-electron chi connectivity index (χ2n) is 5.66. The maximum Gasteiger partial charge on any atom is 0.227 e. The quantitative estimate of drug-likeness (QED) is 0.789. The van der Waals surface area contributed by atoms with Crippen LogP contribution in [0.1, 0.15) is 25.7 Å². The third kappa shape index (κ3) is 3.75. The van der Waals surface area contributed by atoms with Crippen molar-refractivity contribution in [2.45, 2.75) is 31.7 Å². The molecule has 0 radical (unpaired) electrons. The first-order valence-corrected chi connectivity index (χ1v) is 7.08. The monoisotopic (exact) mass is 309 g/mol. The molecule has 0 bridgehead atoms. The number of carbonyl (C=O) groups excluding carboxylic acids is 1. The molecule has 3 saturated heterocycles. The first-order valence-electron chi connectivity index (χ1n) is 7.08. The summed E-state index contributed by atoms with van der Waals surface area (Å²) in [5.41, 5.74) is 0. The number of amides is 1. The molecule has 3 rings (SSSR count). The van der Waals surface area contributed by atoms with E-state index < -0.39 is 0 Å². The number of fused-ring (bicyclic) bond motifs is 1. The summed E-state index contributed by atoms with van der Waals surface area (Å²) in [6, 6.07) is 0.657. The van der Waals surface area contributed by atoms with Crippen LogP contribution in [-0.4, -0.2) is 61.0 Å². The lowest BCUT2D eigenvalue weighted by Gasteiger charge is -2.39. The van der Waals surface area contributed by atoms with Crippen molar-refractivity contribution in [1.82, 2.24) is 15.1 Å². The first kappa shape index (κ1) is 17.0. The lowest BCUT2D eigenvalue weighted by molar-refractivity contribution is -0.138. The largest absolute Gasteiger partial charge is 0.340 e. The third-order valence-electron chi connectivity index (χ3n) is 4.55. The Balaban J connectivity index is 0.000000902. The van der Waals surface area contributed by atoms with Crippen LogP contribution in [0, 0.1) is 5.92 Å². The summed E-state index contributed by atoms with van der Waals surface area (Å²) >= 11 is 0. The minimum atomic E-state index is 0. The number of piperazine rings is 1. The fraction of sp³-hybridized carbons (Fsp3) is 0.923. The third-order valence-corrected chi connectivity index (χ3v) is 4.55. The van der Waals surface area contributed by atoms with Gasteiger partial charge in [-0.3, -0.25) is 9.69 Å². The molecule has 0 spiro atoms. The summed E-state index contributed by atoms with van der Waals surface area (Å²) in [7, 11) is 0. The van der Waals surface area contributed by atoms with Gasteiger partial charge in [0.15, 0.2) is 0 Å². The van der Waals surface area contributed by atoms with Crippen molar-refractivity contribution in [2.75, 3.05) is 39.3 Å². The van der Waals surface area contributed by atoms with Gasteiger partial charge in [0.2, 0.25) is 5.91 Å². The first-order chi connectivity index (χ1) is 8.34. The molecule has 3 aliphatic heterocycles. The fourth-order valence-electron chi connectivity index (χ4n) is 3.51. The van der Waals surface area contributed by atoms with Crippen LogP contribution >= 0.6 is 24.8 Å². The normalized spacial score (nSPS) is 31.1. The second kappa shape index (κ2) is 7.67. The van der Waals surface area contributed by atoms with Crippen LogP contribution in [-0.2, 0) is 4.79 Å². The summed E-state index contributed by atoms with van der Waals surface area (Å²) in [6.45, 7) is 6.25. The Bertz CT molecular complexity index is 298. The van der Waals surface area contributed by atoms with Gasteiger partial charge >= 0.3 is 0 Å². The molecule has 2 atom stereocenters. The van der Waals surface area contributed by atoms with Gasteiger partial charge in [-0.25, -0.2) is 0 Å². The molecule has 4 nitrogen and oxygen atoms in total. The van der Waals surface area contributed by atoms with Crippen molar-refractivity contribution in [1.29, 1.82) is 0 Å². The zero-order valence-electron chi connectivity index (χ0n) is 11.3. The van der Waals surface area contributed by atoms with Gasteiger partial charge in [0.05, 0.1) is 5.92 Å². The van der Waals surface area contributed by atoms with Gasteiger partial charge in [-0.05, 0) is 38.8 Å². The zero-order valence-corrected chi connectivity index (χ0v) is 13.0. The smallest absolute Gasteiger partial charge is 0.227 e. The van der Waals surface area contributed by atoms with E-state index in [1.807, 2.05) is 0 Å². The van der Waals surface area contributed by atoms with E-state index in [1.165, 1.54) is 19.4 Å². The molecule has 0 aliphatic carbocycles. The Morgan fingerprint density at radius 3 is 2.63 bits per heavy atom. The van der Waals surface area contributed by atoms with Crippen LogP contribution in [0.2, 0.25) is 0 Å². The maximum absolute atomic E-state index is 12.4. The van der Waals surface area contributed by atoms with Crippen molar-refractivity contribution in [3.8, 4) is 0 Å². The predicted octanol–water partition coefficient (Wildman–Crippen LogP) is 1.14. The number of hydrogen-bond acceptors (Lipinski definition) is 3. The van der Waals surface area contributed by atoms with Gasteiger partial charge in [-0.15, -0.1) is 24.8 Å². The molecule has 0 aromatic carbocycles. The number of piperidine rings is 1. The maximum atomic E-state index is 12.4. The van der Waals surface area contributed by atoms with E-state index >= 15 is 0 Å². The van der Waals surface area contributed by atoms with Crippen molar-refractivity contribution >= 4 is 30.7 Å². The van der Waals surface area contributed by atoms with E-state index in [9.17, 15) is 4.79 Å². The predicted molar refractivity (Wildman–Crippen MR) is 81.3 cm³/mol. The fourth-order valence-corrected chi connectivity index (χ4v) is 3.51. The average molecular weight is 310 g/mol. The van der Waals surface area contributed by atoms with Crippen molar-refractivity contribution in [3.05, 3.63) is 0 Å². The van der Waals surface area contributed by atoms with Crippen LogP contribution in [0.25, 0.3) is 0 Å². The van der Waals surface area contributed by atoms with Gasteiger partial charge in [0.25, 0.3) is 0 Å². The lowest BCUT2D eigenvalue weighted by atomic mass is 9.97. The Labute approximate surface area is 128 Å². The lowest BCUT2D eigenvalue weighted by Crippen LogP contribution is -2.54. The minimum absolute atomic E-state index is 0. The molecule has 1 unspecified atom stereocenters. The molecule has 6 heteroatoms. The van der Waals surface area contributed by atoms with Crippen LogP contribution < -0.4 is 5.32 Å². The molecule has 3 heterocycles. The summed E-state index contributed by atoms with van der Waals surface area (Å²) < 4.78 is 0. The molecule has 0 aromatic heterocycles. The Hall–Kier alpha value is -0.0300. The van der Waals surface area contributed by atoms with Crippen LogP contribution in [0.3, 0.4) is 0 Å². The highest BCUT2D eigenvalue weighted by Crippen LogP contribution is 2.23. The number of rotatable bonds is 1. The van der Waals surface area contributed by atoms with E-state index in [0.717, 1.165) is 45.6 Å². The highest BCUT2D eigenvalue weighted by Gasteiger charge is 2.34. The number of halogens is 2. The Kier molecular flexibility index (Phi) is 6.87. The number of nitrogens with zero attached hydrogens (tertiary/aromatic N) is 2. The van der Waals surface area contributed by atoms with Gasteiger partial charge < -0.3 is 10.2 Å². The van der Waals surface area contributed by atoms with Crippen molar-refractivity contribution < 1.29 is 4.79 Å². The SMILES string of the molecule is Cl.Cl.O=C([C@@H]1CCCNC1)N1CCN2CCCC2C1. The number of nitrogens with one attached hydrogen (secondary N) is 1. The second-order valence-corrected chi connectivity index (χ2v) is 5.66. The molecular weight excluding hydrogens is 285 g/mol. The van der Waals surface area contributed by atoms with Gasteiger partial charge in [-0.2, -0.15) is 0 Å². The van der Waals surface area contributed by atoms with E-state index in [1.54, 1.807) is 0 Å². The van der Waals surface area contributed by atoms with E-state index in [4.69, 9.17) is 0 Å². The van der Waals surface area contributed by atoms with Crippen LogP contribution in [0.5, 0.6) is 0 Å². The van der Waals surface area contributed by atoms with Crippen LogP contribution in [0.4, 0.5) is 0 Å². The van der Waals surface area contributed by atoms with Gasteiger partial charge in [-0.1, -0.05) is 0 Å². The summed E-state index contributed by atoms with van der Waals surface area (Å²) in [4.78, 5) is 17.1. The van der Waals surface area contributed by atoms with Crippen molar-refractivity contribution in [3.63, 3.8) is 0 Å². The molecule has 112 valence electrons. The Morgan fingerprint density at radius 2 is 1.89 bits per heavy atom. The molecule has 1 amide bonds. The topological polar surface area (TPSA) is 35.6 Å². The Morgan fingerprint density at radius 1 is 1.05 bits per heavy atom. The van der Waals surface area contributed by atoms with E-state index in [2.05, 4.69) is 15.1 Å². The molecule has 0 saturated carbocycles. The summed E-state index contributed by atoms with van der Waals surface area (Å²) in [5, 5.41) is 3.34. The highest BCUT2D eigenvalue weighted by atomic mass is 35.5. The number of hydrogen-bond donors (Lipinski definition) is 1. The molecule has 0 aromatic rings. The molecule has 1 N–H and O–H groups in total. The standard InChI is InChI=1S/C13H23N3O.2ClH/c17-13(11-3-1-5-14-9-11)16-8-7-15-6-2-4-12(15)10-16;;/h11-12,14H,1-10H2;2*1H/t11-,12?;;/m1../s1. The van der Waals surface area contributed by atoms with Gasteiger partial charge in [0.1, 0.15) is 0 Å². The van der Waals surface area contributed by atoms with Crippen LogP contribution in [0.15, 0.2) is 0 Å². The number of carbonyl (C=O) groups is 1. The minimum Gasteiger partial charge on any atom is -0.340 e. The van der Waals surface area contributed by atoms with Crippen molar-refractivity contribution in [2.24, 2.45) is 5.92 Å². The summed E-state index contributed by atoms with van der Waals surface area (Å²) in [6.07, 6.45) is 4.83. The molecule has 3 aliphatic rings. The van der Waals surface area contributed by atoms with Gasteiger partial charge in [0, 0.05) is 32.2 Å². The van der Waals surface area contributed by atoms with E-state index in [-0.39, 0.29) is 30.7 Å². The average Bonchev–Trinajstić information content (AvgIpc) is 2.86. The van der Waals surface area contributed by atoms with E-state index in [0.29, 0.717) is 11.9 Å². The molecule has 3 fully saturated rings.